The minimum atomic E-state index is -0.423. The maximum Gasteiger partial charge on any atom is 0.0418 e. The highest BCUT2D eigenvalue weighted by Crippen LogP contribution is 2.64. The molecule has 0 nitrogen and oxygen atoms in total. The van der Waals surface area contributed by atoms with Gasteiger partial charge in [0.1, 0.15) is 0 Å². The Hall–Kier alpha value is -5.46. The summed E-state index contributed by atoms with van der Waals surface area (Å²) in [5.74, 6) is 0.213. The van der Waals surface area contributed by atoms with E-state index >= 15 is 0 Å². The fourth-order valence-corrected chi connectivity index (χ4v) is 9.20. The normalized spacial score (nSPS) is 15.2. The Morgan fingerprint density at radius 3 is 1.67 bits per heavy atom. The van der Waals surface area contributed by atoms with Crippen molar-refractivity contribution in [2.45, 2.75) is 38.0 Å². The topological polar surface area (TPSA) is 0 Å². The molecule has 0 N–H and O–H groups in total. The SMILES string of the molecule is CC1=Cc2ccc(-c3cccc4ccccc34)cc2C1C(c1ccccc1)(c1ccccc1)C1c2cc(C)ccc2-c2ccc(C)cc21. The molecule has 2 aliphatic rings. The molecule has 9 rings (SSSR count). The first-order valence-electron chi connectivity index (χ1n) is 17.2. The molecule has 0 fully saturated rings. The Morgan fingerprint density at radius 2 is 1.02 bits per heavy atom. The van der Waals surface area contributed by atoms with Crippen LogP contribution in [-0.4, -0.2) is 0 Å². The van der Waals surface area contributed by atoms with Crippen LogP contribution in [0.2, 0.25) is 0 Å². The molecule has 0 aromatic heterocycles. The van der Waals surface area contributed by atoms with Crippen LogP contribution in [0, 0.1) is 13.8 Å². The van der Waals surface area contributed by atoms with Gasteiger partial charge in [-0.1, -0.05) is 174 Å². The Kier molecular flexibility index (Phi) is 6.63. The van der Waals surface area contributed by atoms with E-state index in [1.165, 1.54) is 83.1 Å². The zero-order chi connectivity index (χ0) is 32.4. The molecule has 0 heteroatoms. The maximum atomic E-state index is 2.51. The van der Waals surface area contributed by atoms with Crippen LogP contribution >= 0.6 is 0 Å². The minimum Gasteiger partial charge on any atom is -0.0639 e. The van der Waals surface area contributed by atoms with Crippen LogP contribution in [0.4, 0.5) is 0 Å². The molecule has 0 saturated heterocycles. The number of hydrogen-bond acceptors (Lipinski definition) is 0. The monoisotopic (exact) mass is 614 g/mol. The Bertz CT molecular complexity index is 2280. The number of fused-ring (bicyclic) bond motifs is 5. The van der Waals surface area contributed by atoms with Crippen LogP contribution in [0.1, 0.15) is 63.3 Å². The van der Waals surface area contributed by atoms with Gasteiger partial charge in [-0.2, -0.15) is 0 Å². The second kappa shape index (κ2) is 11.1. The summed E-state index contributed by atoms with van der Waals surface area (Å²) in [5.41, 5.74) is 17.1. The molecule has 0 amide bonds. The molecule has 230 valence electrons. The van der Waals surface area contributed by atoms with Gasteiger partial charge in [0.25, 0.3) is 0 Å². The fourth-order valence-electron chi connectivity index (χ4n) is 9.20. The summed E-state index contributed by atoms with van der Waals surface area (Å²) in [6.45, 7) is 6.85. The lowest BCUT2D eigenvalue weighted by atomic mass is 9.54. The average molecular weight is 615 g/mol. The van der Waals surface area contributed by atoms with Gasteiger partial charge in [0, 0.05) is 17.3 Å². The highest BCUT2D eigenvalue weighted by atomic mass is 14.6. The van der Waals surface area contributed by atoms with E-state index in [0.29, 0.717) is 0 Å². The molecular formula is C48H38. The van der Waals surface area contributed by atoms with Crippen LogP contribution in [0.5, 0.6) is 0 Å². The van der Waals surface area contributed by atoms with Crippen LogP contribution in [0.25, 0.3) is 39.1 Å². The number of aryl methyl sites for hydroxylation is 2. The third-order valence-electron chi connectivity index (χ3n) is 11.1. The van der Waals surface area contributed by atoms with Crippen molar-refractivity contribution >= 4 is 16.8 Å². The summed E-state index contributed by atoms with van der Waals surface area (Å²) in [5, 5.41) is 2.57. The number of benzene rings is 7. The van der Waals surface area contributed by atoms with Gasteiger partial charge in [-0.05, 0) is 93.2 Å². The third-order valence-corrected chi connectivity index (χ3v) is 11.1. The van der Waals surface area contributed by atoms with E-state index in [4.69, 9.17) is 0 Å². The van der Waals surface area contributed by atoms with Crippen LogP contribution < -0.4 is 0 Å². The highest BCUT2D eigenvalue weighted by molar-refractivity contribution is 5.97. The Labute approximate surface area is 284 Å². The van der Waals surface area contributed by atoms with Crippen LogP contribution in [0.3, 0.4) is 0 Å². The second-order valence-electron chi connectivity index (χ2n) is 13.9. The van der Waals surface area contributed by atoms with Gasteiger partial charge in [0.05, 0.1) is 0 Å². The summed E-state index contributed by atoms with van der Waals surface area (Å²) in [6, 6.07) is 59.7. The summed E-state index contributed by atoms with van der Waals surface area (Å²) in [7, 11) is 0. The van der Waals surface area contributed by atoms with Crippen molar-refractivity contribution in [2.75, 3.05) is 0 Å². The summed E-state index contributed by atoms with van der Waals surface area (Å²) < 4.78 is 0. The van der Waals surface area contributed by atoms with Gasteiger partial charge in [-0.15, -0.1) is 0 Å². The van der Waals surface area contributed by atoms with Crippen molar-refractivity contribution in [3.8, 4) is 22.3 Å². The molecule has 0 spiro atoms. The predicted octanol–water partition coefficient (Wildman–Crippen LogP) is 12.4. The fraction of sp³-hybridized carbons (Fsp3) is 0.125. The molecule has 0 heterocycles. The largest absolute Gasteiger partial charge is 0.0639 e. The van der Waals surface area contributed by atoms with Crippen LogP contribution in [0.15, 0.2) is 163 Å². The van der Waals surface area contributed by atoms with E-state index in [9.17, 15) is 0 Å². The number of hydrogen-bond donors (Lipinski definition) is 0. The first kappa shape index (κ1) is 28.7. The summed E-state index contributed by atoms with van der Waals surface area (Å²) >= 11 is 0. The van der Waals surface area contributed by atoms with Gasteiger partial charge >= 0.3 is 0 Å². The lowest BCUT2D eigenvalue weighted by molar-refractivity contribution is 0.405. The van der Waals surface area contributed by atoms with Crippen molar-refractivity contribution in [3.63, 3.8) is 0 Å². The third kappa shape index (κ3) is 4.22. The molecule has 48 heavy (non-hydrogen) atoms. The van der Waals surface area contributed by atoms with Crippen LogP contribution in [-0.2, 0) is 5.41 Å². The van der Waals surface area contributed by atoms with Gasteiger partial charge in [0.15, 0.2) is 0 Å². The lowest BCUT2D eigenvalue weighted by Gasteiger charge is -2.47. The number of rotatable bonds is 5. The smallest absolute Gasteiger partial charge is 0.0418 e. The quantitative estimate of drug-likeness (QED) is 0.181. The van der Waals surface area contributed by atoms with E-state index < -0.39 is 5.41 Å². The lowest BCUT2D eigenvalue weighted by Crippen LogP contribution is -2.41. The van der Waals surface area contributed by atoms with E-state index in [0.717, 1.165) is 0 Å². The first-order valence-corrected chi connectivity index (χ1v) is 17.2. The molecule has 7 aromatic carbocycles. The molecule has 1 unspecified atom stereocenters. The van der Waals surface area contributed by atoms with Gasteiger partial charge in [-0.3, -0.25) is 0 Å². The second-order valence-corrected chi connectivity index (χ2v) is 13.9. The van der Waals surface area contributed by atoms with Crippen molar-refractivity contribution in [1.82, 2.24) is 0 Å². The van der Waals surface area contributed by atoms with Gasteiger partial charge in [-0.25, -0.2) is 0 Å². The summed E-state index contributed by atoms with van der Waals surface area (Å²) in [6.07, 6.45) is 2.46. The van der Waals surface area contributed by atoms with Crippen molar-refractivity contribution < 1.29 is 0 Å². The van der Waals surface area contributed by atoms with E-state index in [2.05, 4.69) is 185 Å². The molecule has 0 saturated carbocycles. The maximum absolute atomic E-state index is 2.51. The van der Waals surface area contributed by atoms with Gasteiger partial charge in [0.2, 0.25) is 0 Å². The Balaban J connectivity index is 1.39. The zero-order valence-electron chi connectivity index (χ0n) is 27.7. The first-order chi connectivity index (χ1) is 23.5. The molecule has 2 aliphatic carbocycles. The molecule has 0 radical (unpaired) electrons. The zero-order valence-corrected chi connectivity index (χ0v) is 27.7. The van der Waals surface area contributed by atoms with Crippen molar-refractivity contribution in [3.05, 3.63) is 208 Å². The molecular weight excluding hydrogens is 577 g/mol. The summed E-state index contributed by atoms with van der Waals surface area (Å²) in [4.78, 5) is 0. The van der Waals surface area contributed by atoms with Crippen molar-refractivity contribution in [2.24, 2.45) is 0 Å². The molecule has 0 bridgehead atoms. The van der Waals surface area contributed by atoms with Gasteiger partial charge < -0.3 is 0 Å². The number of allylic oxidation sites excluding steroid dienone is 1. The van der Waals surface area contributed by atoms with E-state index in [1.54, 1.807) is 0 Å². The van der Waals surface area contributed by atoms with Crippen molar-refractivity contribution in [1.29, 1.82) is 0 Å². The molecule has 7 aromatic rings. The molecule has 0 aliphatic heterocycles. The van der Waals surface area contributed by atoms with E-state index in [1.807, 2.05) is 0 Å². The molecule has 1 atom stereocenters. The van der Waals surface area contributed by atoms with E-state index in [-0.39, 0.29) is 11.8 Å². The Morgan fingerprint density at radius 1 is 0.438 bits per heavy atom. The average Bonchev–Trinajstić information content (AvgIpc) is 3.62. The minimum absolute atomic E-state index is 0.104. The standard InChI is InChI=1S/C48H38/c1-31-21-25-41-42-26-22-32(2)28-45(42)47(44(41)27-31)48(37-15-6-4-7-16-37,38-17-8-5-9-18-38)46-33(3)29-35-23-24-36(30-43(35)46)40-20-12-14-34-13-10-11-19-39(34)40/h4-30,46-47H,1-3H3. The predicted molar refractivity (Wildman–Crippen MR) is 203 cm³/mol. The highest BCUT2D eigenvalue weighted by Gasteiger charge is 2.54.